The molecule has 0 bridgehead atoms. The predicted molar refractivity (Wildman–Crippen MR) is 97.5 cm³/mol. The maximum absolute atomic E-state index is 12.9. The van der Waals surface area contributed by atoms with Gasteiger partial charge in [0, 0.05) is 36.7 Å². The zero-order chi connectivity index (χ0) is 18.1. The standard InChI is InChI=1S/C20H19N3O3/c24-18-9-14(15-6-2-4-8-17(15)22-18)10-20(26)23-11-13-5-1-3-7-16(13)21-19(25)12-23/h1-8,14H,9-12H2,(H,21,25)(H,22,24). The molecule has 1 atom stereocenters. The van der Waals surface area contributed by atoms with E-state index in [1.807, 2.05) is 48.5 Å². The van der Waals surface area contributed by atoms with Gasteiger partial charge in [0.1, 0.15) is 6.54 Å². The second-order valence-electron chi connectivity index (χ2n) is 6.70. The lowest BCUT2D eigenvalue weighted by Gasteiger charge is -2.27. The fraction of sp³-hybridized carbons (Fsp3) is 0.250. The summed E-state index contributed by atoms with van der Waals surface area (Å²) in [6.07, 6.45) is 0.485. The third kappa shape index (κ3) is 3.18. The monoisotopic (exact) mass is 349 g/mol. The van der Waals surface area contributed by atoms with Gasteiger partial charge in [0.15, 0.2) is 0 Å². The van der Waals surface area contributed by atoms with E-state index >= 15 is 0 Å². The summed E-state index contributed by atoms with van der Waals surface area (Å²) >= 11 is 0. The lowest BCUT2D eigenvalue weighted by Crippen LogP contribution is -2.36. The van der Waals surface area contributed by atoms with Gasteiger partial charge in [-0.3, -0.25) is 14.4 Å². The van der Waals surface area contributed by atoms with Crippen molar-refractivity contribution in [1.82, 2.24) is 4.90 Å². The van der Waals surface area contributed by atoms with E-state index in [9.17, 15) is 14.4 Å². The summed E-state index contributed by atoms with van der Waals surface area (Å²) < 4.78 is 0. The largest absolute Gasteiger partial charge is 0.329 e. The summed E-state index contributed by atoms with van der Waals surface area (Å²) in [6, 6.07) is 15.0. The number of carbonyl (C=O) groups is 3. The number of nitrogens with one attached hydrogen (secondary N) is 2. The number of rotatable bonds is 2. The van der Waals surface area contributed by atoms with Crippen LogP contribution in [0, 0.1) is 0 Å². The van der Waals surface area contributed by atoms with Gasteiger partial charge in [-0.1, -0.05) is 36.4 Å². The topological polar surface area (TPSA) is 78.5 Å². The minimum atomic E-state index is -0.204. The molecule has 26 heavy (non-hydrogen) atoms. The number of para-hydroxylation sites is 2. The first kappa shape index (κ1) is 16.3. The lowest BCUT2D eigenvalue weighted by molar-refractivity contribution is -0.135. The van der Waals surface area contributed by atoms with Crippen molar-refractivity contribution in [3.8, 4) is 0 Å². The van der Waals surface area contributed by atoms with Crippen molar-refractivity contribution < 1.29 is 14.4 Å². The number of fused-ring (bicyclic) bond motifs is 2. The van der Waals surface area contributed by atoms with E-state index in [4.69, 9.17) is 0 Å². The molecule has 0 fully saturated rings. The summed E-state index contributed by atoms with van der Waals surface area (Å²) in [6.45, 7) is 0.405. The lowest BCUT2D eigenvalue weighted by atomic mass is 9.87. The number of hydrogen-bond donors (Lipinski definition) is 2. The van der Waals surface area contributed by atoms with Crippen molar-refractivity contribution in [1.29, 1.82) is 0 Å². The van der Waals surface area contributed by atoms with E-state index in [0.717, 1.165) is 22.5 Å². The Kier molecular flexibility index (Phi) is 4.16. The smallest absolute Gasteiger partial charge is 0.244 e. The molecule has 0 aromatic heterocycles. The summed E-state index contributed by atoms with van der Waals surface area (Å²) in [5.41, 5.74) is 3.39. The Balaban J connectivity index is 1.55. The number of nitrogens with zero attached hydrogens (tertiary/aromatic N) is 1. The molecule has 0 aliphatic carbocycles. The maximum atomic E-state index is 12.9. The van der Waals surface area contributed by atoms with E-state index in [-0.39, 0.29) is 43.0 Å². The van der Waals surface area contributed by atoms with Crippen LogP contribution in [0.25, 0.3) is 0 Å². The molecule has 6 nitrogen and oxygen atoms in total. The van der Waals surface area contributed by atoms with E-state index < -0.39 is 0 Å². The molecule has 2 N–H and O–H groups in total. The normalized spacial score (nSPS) is 18.9. The first-order valence-electron chi connectivity index (χ1n) is 8.64. The Morgan fingerprint density at radius 1 is 0.923 bits per heavy atom. The van der Waals surface area contributed by atoms with Crippen LogP contribution >= 0.6 is 0 Å². The van der Waals surface area contributed by atoms with Crippen LogP contribution in [-0.4, -0.2) is 29.2 Å². The molecule has 6 heteroatoms. The Labute approximate surface area is 151 Å². The molecule has 2 aliphatic heterocycles. The number of carbonyl (C=O) groups excluding carboxylic acids is 3. The predicted octanol–water partition coefficient (Wildman–Crippen LogP) is 2.48. The molecule has 2 aromatic rings. The Bertz CT molecular complexity index is 893. The van der Waals surface area contributed by atoms with Gasteiger partial charge in [-0.05, 0) is 23.3 Å². The van der Waals surface area contributed by atoms with Gasteiger partial charge in [-0.25, -0.2) is 0 Å². The average Bonchev–Trinajstić information content (AvgIpc) is 2.79. The molecule has 0 saturated carbocycles. The highest BCUT2D eigenvalue weighted by molar-refractivity contribution is 5.97. The van der Waals surface area contributed by atoms with Crippen molar-refractivity contribution in [2.24, 2.45) is 0 Å². The molecule has 2 aromatic carbocycles. The Hall–Kier alpha value is -3.15. The highest BCUT2D eigenvalue weighted by Gasteiger charge is 2.30. The van der Waals surface area contributed by atoms with Crippen LogP contribution in [0.3, 0.4) is 0 Å². The molecule has 0 saturated heterocycles. The molecule has 2 heterocycles. The van der Waals surface area contributed by atoms with Crippen LogP contribution in [0.1, 0.15) is 29.9 Å². The molecular formula is C20H19N3O3. The zero-order valence-electron chi connectivity index (χ0n) is 14.2. The van der Waals surface area contributed by atoms with Gasteiger partial charge in [-0.15, -0.1) is 0 Å². The van der Waals surface area contributed by atoms with Crippen molar-refractivity contribution in [3.05, 3.63) is 59.7 Å². The van der Waals surface area contributed by atoms with Crippen molar-refractivity contribution in [3.63, 3.8) is 0 Å². The van der Waals surface area contributed by atoms with Gasteiger partial charge in [0.05, 0.1) is 0 Å². The van der Waals surface area contributed by atoms with Gasteiger partial charge < -0.3 is 15.5 Å². The van der Waals surface area contributed by atoms with Crippen LogP contribution < -0.4 is 10.6 Å². The Morgan fingerprint density at radius 3 is 2.46 bits per heavy atom. The van der Waals surface area contributed by atoms with E-state index in [0.29, 0.717) is 6.54 Å². The summed E-state index contributed by atoms with van der Waals surface area (Å²) in [4.78, 5) is 38.6. The summed E-state index contributed by atoms with van der Waals surface area (Å²) in [5.74, 6) is -0.578. The molecule has 2 aliphatic rings. The minimum Gasteiger partial charge on any atom is -0.329 e. The Morgan fingerprint density at radius 2 is 1.62 bits per heavy atom. The summed E-state index contributed by atoms with van der Waals surface area (Å²) in [7, 11) is 0. The minimum absolute atomic E-state index is 0.0219. The third-order valence-electron chi connectivity index (χ3n) is 4.87. The third-order valence-corrected chi connectivity index (χ3v) is 4.87. The van der Waals surface area contributed by atoms with Gasteiger partial charge in [0.2, 0.25) is 17.7 Å². The SMILES string of the molecule is O=C1CN(C(=O)CC2CC(=O)Nc3ccccc32)Cc2ccccc2N1. The van der Waals surface area contributed by atoms with Gasteiger partial charge >= 0.3 is 0 Å². The van der Waals surface area contributed by atoms with Crippen molar-refractivity contribution in [2.45, 2.75) is 25.3 Å². The molecule has 1 unspecified atom stereocenters. The number of anilines is 2. The quantitative estimate of drug-likeness (QED) is 0.874. The van der Waals surface area contributed by atoms with Crippen LogP contribution in [0.15, 0.2) is 48.5 Å². The molecule has 132 valence electrons. The second-order valence-corrected chi connectivity index (χ2v) is 6.70. The van der Waals surface area contributed by atoms with E-state index in [1.54, 1.807) is 4.90 Å². The molecule has 3 amide bonds. The van der Waals surface area contributed by atoms with Gasteiger partial charge in [0.25, 0.3) is 0 Å². The second kappa shape index (κ2) is 6.63. The maximum Gasteiger partial charge on any atom is 0.244 e. The van der Waals surface area contributed by atoms with Gasteiger partial charge in [-0.2, -0.15) is 0 Å². The van der Waals surface area contributed by atoms with Crippen molar-refractivity contribution >= 4 is 29.1 Å². The number of hydrogen-bond acceptors (Lipinski definition) is 3. The summed E-state index contributed by atoms with van der Waals surface area (Å²) in [5, 5.41) is 5.68. The zero-order valence-corrected chi connectivity index (χ0v) is 14.2. The highest BCUT2D eigenvalue weighted by atomic mass is 16.2. The van der Waals surface area contributed by atoms with Crippen LogP contribution in [-0.2, 0) is 20.9 Å². The van der Waals surface area contributed by atoms with Crippen LogP contribution in [0.2, 0.25) is 0 Å². The van der Waals surface area contributed by atoms with E-state index in [2.05, 4.69) is 10.6 Å². The first-order chi connectivity index (χ1) is 12.6. The molecule has 0 radical (unpaired) electrons. The highest BCUT2D eigenvalue weighted by Crippen LogP contribution is 2.35. The average molecular weight is 349 g/mol. The number of amides is 3. The first-order valence-corrected chi connectivity index (χ1v) is 8.64. The molecule has 4 rings (SSSR count). The fourth-order valence-corrected chi connectivity index (χ4v) is 3.60. The van der Waals surface area contributed by atoms with E-state index in [1.165, 1.54) is 0 Å². The van der Waals surface area contributed by atoms with Crippen LogP contribution in [0.5, 0.6) is 0 Å². The van der Waals surface area contributed by atoms with Crippen LogP contribution in [0.4, 0.5) is 11.4 Å². The molecular weight excluding hydrogens is 330 g/mol. The number of benzene rings is 2. The van der Waals surface area contributed by atoms with Crippen molar-refractivity contribution in [2.75, 3.05) is 17.2 Å². The fourth-order valence-electron chi connectivity index (χ4n) is 3.60. The molecule has 0 spiro atoms.